The number of benzene rings is 3. The van der Waals surface area contributed by atoms with Crippen molar-refractivity contribution in [1.82, 2.24) is 9.36 Å². The second-order valence-electron chi connectivity index (χ2n) is 7.20. The number of aromatic nitrogens is 2. The molecular formula is C24H19N3O3. The Hall–Kier alpha value is -4.06. The Morgan fingerprint density at radius 1 is 0.933 bits per heavy atom. The number of rotatable bonds is 3. The van der Waals surface area contributed by atoms with Crippen molar-refractivity contribution in [3.63, 3.8) is 0 Å². The van der Waals surface area contributed by atoms with Crippen LogP contribution in [-0.2, 0) is 7.05 Å². The number of carbonyl (C=O) groups excluding carboxylic acids is 1. The Morgan fingerprint density at radius 2 is 1.67 bits per heavy atom. The molecule has 0 radical (unpaired) electrons. The van der Waals surface area contributed by atoms with Gasteiger partial charge in [-0.3, -0.25) is 14.3 Å². The third-order valence-corrected chi connectivity index (χ3v) is 5.44. The molecule has 2 heterocycles. The lowest BCUT2D eigenvalue weighted by Gasteiger charge is -2.07. The SMILES string of the molecule is Cc1c(NC(=O)c2cc3c(ccc4ccccc43)o2)c(=O)n(-c2ccccc2)n1C. The number of amides is 1. The van der Waals surface area contributed by atoms with Crippen molar-refractivity contribution < 1.29 is 9.21 Å². The molecule has 0 saturated heterocycles. The van der Waals surface area contributed by atoms with Crippen molar-refractivity contribution in [2.75, 3.05) is 5.32 Å². The van der Waals surface area contributed by atoms with E-state index < -0.39 is 5.91 Å². The highest BCUT2D eigenvalue weighted by atomic mass is 16.3. The van der Waals surface area contributed by atoms with E-state index in [9.17, 15) is 9.59 Å². The van der Waals surface area contributed by atoms with Gasteiger partial charge in [0.15, 0.2) is 5.76 Å². The molecule has 0 atom stereocenters. The van der Waals surface area contributed by atoms with E-state index in [4.69, 9.17) is 4.42 Å². The van der Waals surface area contributed by atoms with Crippen LogP contribution in [0.25, 0.3) is 27.4 Å². The number of para-hydroxylation sites is 1. The van der Waals surface area contributed by atoms with E-state index in [1.54, 1.807) is 24.7 Å². The Kier molecular flexibility index (Phi) is 4.06. The molecule has 0 saturated carbocycles. The summed E-state index contributed by atoms with van der Waals surface area (Å²) in [4.78, 5) is 25.9. The lowest BCUT2D eigenvalue weighted by molar-refractivity contribution is 0.0998. The van der Waals surface area contributed by atoms with Gasteiger partial charge in [-0.05, 0) is 42.0 Å². The van der Waals surface area contributed by atoms with Gasteiger partial charge in [-0.1, -0.05) is 48.5 Å². The average Bonchev–Trinajstić information content (AvgIpc) is 3.30. The Bertz CT molecular complexity index is 1470. The third-order valence-electron chi connectivity index (χ3n) is 5.44. The molecule has 1 N–H and O–H groups in total. The summed E-state index contributed by atoms with van der Waals surface area (Å²) in [6.07, 6.45) is 0. The van der Waals surface area contributed by atoms with Gasteiger partial charge >= 0.3 is 0 Å². The van der Waals surface area contributed by atoms with E-state index >= 15 is 0 Å². The van der Waals surface area contributed by atoms with Gasteiger partial charge in [0.2, 0.25) is 0 Å². The summed E-state index contributed by atoms with van der Waals surface area (Å²) in [7, 11) is 1.78. The maximum atomic E-state index is 13.0. The molecule has 0 aliphatic carbocycles. The minimum Gasteiger partial charge on any atom is -0.451 e. The second kappa shape index (κ2) is 6.77. The fourth-order valence-corrected chi connectivity index (χ4v) is 3.79. The molecule has 6 nitrogen and oxygen atoms in total. The highest BCUT2D eigenvalue weighted by Crippen LogP contribution is 2.28. The molecule has 5 aromatic rings. The van der Waals surface area contributed by atoms with Gasteiger partial charge in [-0.2, -0.15) is 0 Å². The highest BCUT2D eigenvalue weighted by Gasteiger charge is 2.21. The molecular weight excluding hydrogens is 378 g/mol. The van der Waals surface area contributed by atoms with Crippen molar-refractivity contribution >= 4 is 33.3 Å². The molecule has 5 rings (SSSR count). The molecule has 6 heteroatoms. The van der Waals surface area contributed by atoms with E-state index in [-0.39, 0.29) is 17.0 Å². The molecule has 0 bridgehead atoms. The summed E-state index contributed by atoms with van der Waals surface area (Å²) >= 11 is 0. The monoisotopic (exact) mass is 397 g/mol. The number of fused-ring (bicyclic) bond motifs is 3. The normalized spacial score (nSPS) is 11.3. The summed E-state index contributed by atoms with van der Waals surface area (Å²) in [5.41, 5.74) is 1.95. The maximum Gasteiger partial charge on any atom is 0.295 e. The molecule has 0 spiro atoms. The molecule has 1 amide bonds. The van der Waals surface area contributed by atoms with Crippen molar-refractivity contribution in [3.05, 3.63) is 94.6 Å². The van der Waals surface area contributed by atoms with Crippen LogP contribution in [-0.4, -0.2) is 15.3 Å². The number of hydrogen-bond acceptors (Lipinski definition) is 3. The molecule has 30 heavy (non-hydrogen) atoms. The summed E-state index contributed by atoms with van der Waals surface area (Å²) in [6.45, 7) is 1.79. The van der Waals surface area contributed by atoms with Crippen molar-refractivity contribution in [2.24, 2.45) is 7.05 Å². The first-order valence-corrected chi connectivity index (χ1v) is 9.61. The van der Waals surface area contributed by atoms with Gasteiger partial charge < -0.3 is 9.73 Å². The Morgan fingerprint density at radius 3 is 2.47 bits per heavy atom. The summed E-state index contributed by atoms with van der Waals surface area (Å²) in [5, 5.41) is 5.70. The predicted molar refractivity (Wildman–Crippen MR) is 117 cm³/mol. The number of nitrogens with zero attached hydrogens (tertiary/aromatic N) is 2. The molecule has 2 aromatic heterocycles. The predicted octanol–water partition coefficient (Wildman–Crippen LogP) is 4.64. The average molecular weight is 397 g/mol. The Balaban J connectivity index is 1.55. The van der Waals surface area contributed by atoms with Crippen molar-refractivity contribution in [3.8, 4) is 5.69 Å². The molecule has 3 aromatic carbocycles. The third kappa shape index (κ3) is 2.73. The minimum atomic E-state index is -0.457. The van der Waals surface area contributed by atoms with Crippen LogP contribution in [0, 0.1) is 6.92 Å². The molecule has 0 aliphatic heterocycles. The van der Waals surface area contributed by atoms with Crippen molar-refractivity contribution in [2.45, 2.75) is 6.92 Å². The smallest absolute Gasteiger partial charge is 0.295 e. The van der Waals surface area contributed by atoms with Crippen LogP contribution < -0.4 is 10.9 Å². The van der Waals surface area contributed by atoms with Gasteiger partial charge in [0.1, 0.15) is 11.3 Å². The summed E-state index contributed by atoms with van der Waals surface area (Å²) in [6, 6.07) is 22.8. The van der Waals surface area contributed by atoms with Crippen LogP contribution in [0.1, 0.15) is 16.2 Å². The summed E-state index contributed by atoms with van der Waals surface area (Å²) < 4.78 is 9.03. The van der Waals surface area contributed by atoms with Crippen LogP contribution >= 0.6 is 0 Å². The lowest BCUT2D eigenvalue weighted by atomic mass is 10.1. The van der Waals surface area contributed by atoms with Crippen LogP contribution in [0.2, 0.25) is 0 Å². The van der Waals surface area contributed by atoms with Gasteiger partial charge in [0, 0.05) is 12.4 Å². The largest absolute Gasteiger partial charge is 0.451 e. The number of nitrogens with one attached hydrogen (secondary N) is 1. The van der Waals surface area contributed by atoms with E-state index in [1.807, 2.05) is 66.7 Å². The standard InChI is InChI=1S/C24H19N3O3/c1-15-22(24(29)27(26(15)2)17-9-4-3-5-10-17)25-23(28)21-14-19-18-11-7-6-8-16(18)12-13-20(19)30-21/h3-14H,1-2H3,(H,25,28). The van der Waals surface area contributed by atoms with Gasteiger partial charge in [-0.25, -0.2) is 4.68 Å². The first-order valence-electron chi connectivity index (χ1n) is 9.61. The topological polar surface area (TPSA) is 69.2 Å². The quantitative estimate of drug-likeness (QED) is 0.482. The molecule has 0 fully saturated rings. The van der Waals surface area contributed by atoms with Crippen LogP contribution in [0.4, 0.5) is 5.69 Å². The fourth-order valence-electron chi connectivity index (χ4n) is 3.79. The highest BCUT2D eigenvalue weighted by molar-refractivity contribution is 6.10. The fraction of sp³-hybridized carbons (Fsp3) is 0.0833. The van der Waals surface area contributed by atoms with Gasteiger partial charge in [0.05, 0.1) is 11.4 Å². The van der Waals surface area contributed by atoms with E-state index in [1.165, 1.54) is 4.68 Å². The molecule has 0 aliphatic rings. The van der Waals surface area contributed by atoms with Crippen LogP contribution in [0.3, 0.4) is 0 Å². The van der Waals surface area contributed by atoms with Gasteiger partial charge in [0.25, 0.3) is 11.5 Å². The molecule has 0 unspecified atom stereocenters. The first-order chi connectivity index (χ1) is 14.5. The second-order valence-corrected chi connectivity index (χ2v) is 7.20. The van der Waals surface area contributed by atoms with E-state index in [2.05, 4.69) is 5.32 Å². The lowest BCUT2D eigenvalue weighted by Crippen LogP contribution is -2.22. The van der Waals surface area contributed by atoms with Crippen LogP contribution in [0.15, 0.2) is 82.0 Å². The van der Waals surface area contributed by atoms with Crippen molar-refractivity contribution in [1.29, 1.82) is 0 Å². The zero-order chi connectivity index (χ0) is 20.8. The number of furan rings is 1. The molecule has 148 valence electrons. The summed E-state index contributed by atoms with van der Waals surface area (Å²) in [5.74, 6) is -0.295. The van der Waals surface area contributed by atoms with Crippen LogP contribution in [0.5, 0.6) is 0 Å². The van der Waals surface area contributed by atoms with E-state index in [0.717, 1.165) is 21.8 Å². The zero-order valence-electron chi connectivity index (χ0n) is 16.5. The van der Waals surface area contributed by atoms with Gasteiger partial charge in [-0.15, -0.1) is 0 Å². The maximum absolute atomic E-state index is 13.0. The Labute approximate surface area is 171 Å². The van der Waals surface area contributed by atoms with E-state index in [0.29, 0.717) is 11.3 Å². The minimum absolute atomic E-state index is 0.162. The number of anilines is 1. The zero-order valence-corrected chi connectivity index (χ0v) is 16.5. The number of hydrogen-bond donors (Lipinski definition) is 1. The first kappa shape index (κ1) is 18.0. The number of carbonyl (C=O) groups is 1.